The van der Waals surface area contributed by atoms with Gasteiger partial charge in [0.05, 0.1) is 0 Å². The van der Waals surface area contributed by atoms with Crippen molar-refractivity contribution in [3.8, 4) is 0 Å². The second-order valence-corrected chi connectivity index (χ2v) is 8.22. The van der Waals surface area contributed by atoms with Crippen LogP contribution in [0.3, 0.4) is 0 Å². The van der Waals surface area contributed by atoms with Gasteiger partial charge in [0.2, 0.25) is 0 Å². The molecule has 0 amide bonds. The SMILES string of the molecule is CC1CCN(C2CCN(CCCCCC(=O)C(C)C)CC2)CC1. The number of carbonyl (C=O) groups excluding carboxylic acids is 1. The highest BCUT2D eigenvalue weighted by Gasteiger charge is 2.26. The van der Waals surface area contributed by atoms with Crippen molar-refractivity contribution in [2.75, 3.05) is 32.7 Å². The van der Waals surface area contributed by atoms with E-state index in [-0.39, 0.29) is 5.92 Å². The summed E-state index contributed by atoms with van der Waals surface area (Å²) in [7, 11) is 0. The van der Waals surface area contributed by atoms with Crippen molar-refractivity contribution in [3.63, 3.8) is 0 Å². The molecule has 0 N–H and O–H groups in total. The van der Waals surface area contributed by atoms with Gasteiger partial charge in [0.1, 0.15) is 5.78 Å². The molecule has 3 heteroatoms. The van der Waals surface area contributed by atoms with Gasteiger partial charge in [-0.2, -0.15) is 0 Å². The van der Waals surface area contributed by atoms with E-state index in [0.29, 0.717) is 5.78 Å². The van der Waals surface area contributed by atoms with Gasteiger partial charge in [-0.15, -0.1) is 0 Å². The van der Waals surface area contributed by atoms with Crippen molar-refractivity contribution in [1.29, 1.82) is 0 Å². The minimum absolute atomic E-state index is 0.215. The molecule has 0 aromatic heterocycles. The molecule has 2 fully saturated rings. The lowest BCUT2D eigenvalue weighted by molar-refractivity contribution is -0.122. The lowest BCUT2D eigenvalue weighted by Gasteiger charge is -2.41. The van der Waals surface area contributed by atoms with E-state index in [0.717, 1.165) is 24.8 Å². The maximum atomic E-state index is 11.6. The normalized spacial score (nSPS) is 22.8. The van der Waals surface area contributed by atoms with Crippen molar-refractivity contribution >= 4 is 5.78 Å². The van der Waals surface area contributed by atoms with Gasteiger partial charge in [0, 0.05) is 18.4 Å². The molecule has 0 aliphatic carbocycles. The van der Waals surface area contributed by atoms with Gasteiger partial charge < -0.3 is 9.80 Å². The number of Topliss-reactive ketones (excluding diaryl/α,β-unsaturated/α-hetero) is 1. The zero-order valence-electron chi connectivity index (χ0n) is 15.7. The van der Waals surface area contributed by atoms with Crippen LogP contribution in [0.25, 0.3) is 0 Å². The number of nitrogens with zero attached hydrogens (tertiary/aromatic N) is 2. The van der Waals surface area contributed by atoms with Gasteiger partial charge >= 0.3 is 0 Å². The van der Waals surface area contributed by atoms with Crippen LogP contribution in [0.2, 0.25) is 0 Å². The lowest BCUT2D eigenvalue weighted by atomic mass is 9.95. The summed E-state index contributed by atoms with van der Waals surface area (Å²) in [5.74, 6) is 1.59. The van der Waals surface area contributed by atoms with Crippen LogP contribution in [0.5, 0.6) is 0 Å². The zero-order chi connectivity index (χ0) is 16.7. The molecule has 2 aliphatic rings. The number of piperidine rings is 2. The van der Waals surface area contributed by atoms with Crippen LogP contribution in [-0.2, 0) is 4.79 Å². The molecule has 0 spiro atoms. The number of hydrogen-bond donors (Lipinski definition) is 0. The maximum Gasteiger partial charge on any atom is 0.135 e. The summed E-state index contributed by atoms with van der Waals surface area (Å²) in [6.07, 6.45) is 9.86. The van der Waals surface area contributed by atoms with Gasteiger partial charge in [0.15, 0.2) is 0 Å². The predicted molar refractivity (Wildman–Crippen MR) is 97.7 cm³/mol. The smallest absolute Gasteiger partial charge is 0.135 e. The van der Waals surface area contributed by atoms with Crippen LogP contribution in [0, 0.1) is 11.8 Å². The molecular formula is C20H38N2O. The van der Waals surface area contributed by atoms with Crippen LogP contribution < -0.4 is 0 Å². The first-order valence-electron chi connectivity index (χ1n) is 10.1. The molecule has 0 aromatic rings. The van der Waals surface area contributed by atoms with Crippen LogP contribution >= 0.6 is 0 Å². The predicted octanol–water partition coefficient (Wildman–Crippen LogP) is 3.97. The van der Waals surface area contributed by atoms with Crippen molar-refractivity contribution in [2.24, 2.45) is 11.8 Å². The van der Waals surface area contributed by atoms with E-state index in [1.54, 1.807) is 0 Å². The van der Waals surface area contributed by atoms with Crippen molar-refractivity contribution in [3.05, 3.63) is 0 Å². The molecule has 2 heterocycles. The zero-order valence-corrected chi connectivity index (χ0v) is 15.7. The molecule has 23 heavy (non-hydrogen) atoms. The minimum Gasteiger partial charge on any atom is -0.303 e. The lowest BCUT2D eigenvalue weighted by Crippen LogP contribution is -2.47. The van der Waals surface area contributed by atoms with Crippen molar-refractivity contribution in [2.45, 2.75) is 78.2 Å². The Morgan fingerprint density at radius 2 is 1.61 bits per heavy atom. The number of ketones is 1. The first kappa shape index (κ1) is 18.9. The van der Waals surface area contributed by atoms with E-state index in [4.69, 9.17) is 0 Å². The van der Waals surface area contributed by atoms with Crippen LogP contribution in [0.4, 0.5) is 0 Å². The first-order valence-corrected chi connectivity index (χ1v) is 10.1. The quantitative estimate of drug-likeness (QED) is 0.632. The van der Waals surface area contributed by atoms with E-state index in [1.165, 1.54) is 71.2 Å². The minimum atomic E-state index is 0.215. The third-order valence-electron chi connectivity index (χ3n) is 5.93. The fourth-order valence-electron chi connectivity index (χ4n) is 4.00. The van der Waals surface area contributed by atoms with E-state index < -0.39 is 0 Å². The Labute approximate surface area is 143 Å². The molecule has 3 nitrogen and oxygen atoms in total. The van der Waals surface area contributed by atoms with Gasteiger partial charge in [-0.1, -0.05) is 27.2 Å². The summed E-state index contributed by atoms with van der Waals surface area (Å²) < 4.78 is 0. The molecule has 134 valence electrons. The molecule has 0 saturated carbocycles. The highest BCUT2D eigenvalue weighted by atomic mass is 16.1. The van der Waals surface area contributed by atoms with Gasteiger partial charge in [0.25, 0.3) is 0 Å². The molecule has 2 aliphatic heterocycles. The van der Waals surface area contributed by atoms with Crippen molar-refractivity contribution < 1.29 is 4.79 Å². The fourth-order valence-corrected chi connectivity index (χ4v) is 4.00. The molecule has 2 saturated heterocycles. The fraction of sp³-hybridized carbons (Fsp3) is 0.950. The average Bonchev–Trinajstić information content (AvgIpc) is 2.55. The monoisotopic (exact) mass is 322 g/mol. The van der Waals surface area contributed by atoms with Crippen LogP contribution in [0.1, 0.15) is 72.1 Å². The third-order valence-corrected chi connectivity index (χ3v) is 5.93. The molecule has 0 unspecified atom stereocenters. The van der Waals surface area contributed by atoms with E-state index in [2.05, 4.69) is 16.7 Å². The molecule has 0 atom stereocenters. The Morgan fingerprint density at radius 3 is 2.22 bits per heavy atom. The summed E-state index contributed by atoms with van der Waals surface area (Å²) >= 11 is 0. The Bertz CT molecular complexity index is 340. The van der Waals surface area contributed by atoms with Crippen molar-refractivity contribution in [1.82, 2.24) is 9.80 Å². The number of unbranched alkanes of at least 4 members (excludes halogenated alkanes) is 2. The number of carbonyl (C=O) groups is 1. The number of rotatable bonds is 8. The first-order chi connectivity index (χ1) is 11.1. The Kier molecular flexibility index (Phi) is 8.05. The Balaban J connectivity index is 1.52. The largest absolute Gasteiger partial charge is 0.303 e. The molecule has 2 rings (SSSR count). The molecule has 0 radical (unpaired) electrons. The second kappa shape index (κ2) is 9.78. The van der Waals surface area contributed by atoms with Gasteiger partial charge in [-0.05, 0) is 77.2 Å². The highest BCUT2D eigenvalue weighted by molar-refractivity contribution is 5.80. The molecule has 0 bridgehead atoms. The summed E-state index contributed by atoms with van der Waals surface area (Å²) in [5.41, 5.74) is 0. The topological polar surface area (TPSA) is 23.6 Å². The van der Waals surface area contributed by atoms with E-state index >= 15 is 0 Å². The van der Waals surface area contributed by atoms with Crippen LogP contribution in [-0.4, -0.2) is 54.3 Å². The molecule has 0 aromatic carbocycles. The molecular weight excluding hydrogens is 284 g/mol. The Hall–Kier alpha value is -0.410. The van der Waals surface area contributed by atoms with E-state index in [9.17, 15) is 4.79 Å². The standard InChI is InChI=1S/C20H38N2O/c1-17(2)20(23)7-5-4-6-12-21-13-10-19(11-14-21)22-15-8-18(3)9-16-22/h17-19H,4-16H2,1-3H3. The summed E-state index contributed by atoms with van der Waals surface area (Å²) in [6.45, 7) is 12.9. The second-order valence-electron chi connectivity index (χ2n) is 8.22. The summed E-state index contributed by atoms with van der Waals surface area (Å²) in [6, 6.07) is 0.849. The van der Waals surface area contributed by atoms with Crippen LogP contribution in [0.15, 0.2) is 0 Å². The van der Waals surface area contributed by atoms with Gasteiger partial charge in [-0.25, -0.2) is 0 Å². The van der Waals surface area contributed by atoms with E-state index in [1.807, 2.05) is 13.8 Å². The Morgan fingerprint density at radius 1 is 0.957 bits per heavy atom. The average molecular weight is 323 g/mol. The summed E-state index contributed by atoms with van der Waals surface area (Å²) in [5, 5.41) is 0. The van der Waals surface area contributed by atoms with Gasteiger partial charge in [-0.3, -0.25) is 4.79 Å². The number of likely N-dealkylation sites (tertiary alicyclic amines) is 2. The maximum absolute atomic E-state index is 11.6. The summed E-state index contributed by atoms with van der Waals surface area (Å²) in [4.78, 5) is 17.0. The third kappa shape index (κ3) is 6.54. The number of hydrogen-bond acceptors (Lipinski definition) is 3. The highest BCUT2D eigenvalue weighted by Crippen LogP contribution is 2.23.